The SMILES string of the molecule is Cc1ccc(-c2[nH]ncc2CNC2CCCCCC2)o1. The zero-order valence-electron chi connectivity index (χ0n) is 12.1. The van der Waals surface area contributed by atoms with Gasteiger partial charge in [0.1, 0.15) is 11.5 Å². The highest BCUT2D eigenvalue weighted by Crippen LogP contribution is 2.24. The Bertz CT molecular complexity index is 535. The summed E-state index contributed by atoms with van der Waals surface area (Å²) in [7, 11) is 0. The van der Waals surface area contributed by atoms with Gasteiger partial charge in [0, 0.05) is 18.2 Å². The number of furan rings is 1. The van der Waals surface area contributed by atoms with Crippen LogP contribution in [0.4, 0.5) is 0 Å². The van der Waals surface area contributed by atoms with E-state index in [1.807, 2.05) is 25.3 Å². The number of nitrogens with one attached hydrogen (secondary N) is 2. The summed E-state index contributed by atoms with van der Waals surface area (Å²) < 4.78 is 5.68. The van der Waals surface area contributed by atoms with Crippen molar-refractivity contribution in [1.29, 1.82) is 0 Å². The Labute approximate surface area is 120 Å². The fourth-order valence-corrected chi connectivity index (χ4v) is 2.97. The predicted molar refractivity (Wildman–Crippen MR) is 79.4 cm³/mol. The zero-order valence-corrected chi connectivity index (χ0v) is 12.1. The standard InChI is InChI=1S/C16H23N3O/c1-12-8-9-15(20-12)16-13(11-18-19-16)10-17-14-6-4-2-3-5-7-14/h8-9,11,14,17H,2-7,10H2,1H3,(H,18,19). The lowest BCUT2D eigenvalue weighted by molar-refractivity contribution is 0.459. The number of H-pyrrole nitrogens is 1. The van der Waals surface area contributed by atoms with Crippen LogP contribution in [0.2, 0.25) is 0 Å². The summed E-state index contributed by atoms with van der Waals surface area (Å²) in [6, 6.07) is 4.63. The number of aromatic amines is 1. The minimum absolute atomic E-state index is 0.651. The van der Waals surface area contributed by atoms with Gasteiger partial charge < -0.3 is 9.73 Å². The number of nitrogens with zero attached hydrogens (tertiary/aromatic N) is 1. The van der Waals surface area contributed by atoms with Crippen molar-refractivity contribution in [2.45, 2.75) is 58.0 Å². The molecule has 1 saturated carbocycles. The summed E-state index contributed by atoms with van der Waals surface area (Å²) in [5.41, 5.74) is 2.18. The molecule has 2 aromatic heterocycles. The molecular formula is C16H23N3O. The molecule has 0 bridgehead atoms. The molecule has 1 fully saturated rings. The Kier molecular flexibility index (Phi) is 4.21. The lowest BCUT2D eigenvalue weighted by Gasteiger charge is -2.15. The van der Waals surface area contributed by atoms with Crippen LogP contribution in [0.3, 0.4) is 0 Å². The van der Waals surface area contributed by atoms with Gasteiger partial charge in [0.25, 0.3) is 0 Å². The maximum absolute atomic E-state index is 5.68. The van der Waals surface area contributed by atoms with Gasteiger partial charge in [-0.1, -0.05) is 25.7 Å². The molecule has 0 aliphatic heterocycles. The van der Waals surface area contributed by atoms with E-state index in [4.69, 9.17) is 4.42 Å². The van der Waals surface area contributed by atoms with Crippen LogP contribution in [0.15, 0.2) is 22.7 Å². The topological polar surface area (TPSA) is 53.9 Å². The number of hydrogen-bond acceptors (Lipinski definition) is 3. The van der Waals surface area contributed by atoms with Crippen LogP contribution in [0.25, 0.3) is 11.5 Å². The van der Waals surface area contributed by atoms with Crippen LogP contribution in [0.1, 0.15) is 49.8 Å². The average Bonchev–Trinajstić information content (AvgIpc) is 2.99. The van der Waals surface area contributed by atoms with Crippen molar-refractivity contribution in [2.75, 3.05) is 0 Å². The van der Waals surface area contributed by atoms with Crippen molar-refractivity contribution in [3.63, 3.8) is 0 Å². The highest BCUT2D eigenvalue weighted by Gasteiger charge is 2.15. The molecule has 0 amide bonds. The van der Waals surface area contributed by atoms with Gasteiger partial charge in [0.2, 0.25) is 0 Å². The molecule has 1 aliphatic rings. The van der Waals surface area contributed by atoms with Gasteiger partial charge in [-0.2, -0.15) is 5.10 Å². The molecule has 0 radical (unpaired) electrons. The number of rotatable bonds is 4. The van der Waals surface area contributed by atoms with Gasteiger partial charge >= 0.3 is 0 Å². The quantitative estimate of drug-likeness (QED) is 0.833. The first-order valence-electron chi connectivity index (χ1n) is 7.65. The van der Waals surface area contributed by atoms with Crippen molar-refractivity contribution >= 4 is 0 Å². The van der Waals surface area contributed by atoms with E-state index in [2.05, 4.69) is 15.5 Å². The first-order chi connectivity index (χ1) is 9.83. The summed E-state index contributed by atoms with van der Waals surface area (Å²) in [6.07, 6.45) is 9.99. The van der Waals surface area contributed by atoms with Crippen LogP contribution in [-0.2, 0) is 6.54 Å². The molecule has 4 heteroatoms. The summed E-state index contributed by atoms with van der Waals surface area (Å²) >= 11 is 0. The number of aryl methyl sites for hydroxylation is 1. The lowest BCUT2D eigenvalue weighted by atomic mass is 10.1. The minimum Gasteiger partial charge on any atom is -0.460 e. The Balaban J connectivity index is 1.64. The first-order valence-corrected chi connectivity index (χ1v) is 7.65. The molecule has 1 aliphatic carbocycles. The van der Waals surface area contributed by atoms with E-state index in [-0.39, 0.29) is 0 Å². The van der Waals surface area contributed by atoms with E-state index in [0.717, 1.165) is 23.8 Å². The zero-order chi connectivity index (χ0) is 13.8. The van der Waals surface area contributed by atoms with E-state index >= 15 is 0 Å². The lowest BCUT2D eigenvalue weighted by Crippen LogP contribution is -2.27. The molecule has 108 valence electrons. The van der Waals surface area contributed by atoms with Crippen LogP contribution >= 0.6 is 0 Å². The molecule has 2 N–H and O–H groups in total. The van der Waals surface area contributed by atoms with E-state index in [9.17, 15) is 0 Å². The minimum atomic E-state index is 0.651. The molecular weight excluding hydrogens is 250 g/mol. The Hall–Kier alpha value is -1.55. The molecule has 3 rings (SSSR count). The van der Waals surface area contributed by atoms with Gasteiger partial charge in [-0.25, -0.2) is 0 Å². The molecule has 2 heterocycles. The second kappa shape index (κ2) is 6.27. The van der Waals surface area contributed by atoms with E-state index in [1.165, 1.54) is 44.1 Å². The summed E-state index contributed by atoms with van der Waals surface area (Å²) in [5, 5.41) is 10.9. The smallest absolute Gasteiger partial charge is 0.152 e. The van der Waals surface area contributed by atoms with E-state index in [0.29, 0.717) is 6.04 Å². The van der Waals surface area contributed by atoms with Crippen molar-refractivity contribution < 1.29 is 4.42 Å². The van der Waals surface area contributed by atoms with Gasteiger partial charge in [-0.15, -0.1) is 0 Å². The van der Waals surface area contributed by atoms with Crippen LogP contribution in [-0.4, -0.2) is 16.2 Å². The van der Waals surface area contributed by atoms with Crippen molar-refractivity contribution in [1.82, 2.24) is 15.5 Å². The molecule has 0 spiro atoms. The molecule has 2 aromatic rings. The molecule has 20 heavy (non-hydrogen) atoms. The largest absolute Gasteiger partial charge is 0.460 e. The molecule has 0 saturated heterocycles. The molecule has 4 nitrogen and oxygen atoms in total. The maximum Gasteiger partial charge on any atom is 0.152 e. The number of aromatic nitrogens is 2. The van der Waals surface area contributed by atoms with Gasteiger partial charge in [0.05, 0.1) is 6.20 Å². The van der Waals surface area contributed by atoms with Crippen LogP contribution in [0, 0.1) is 6.92 Å². The van der Waals surface area contributed by atoms with Crippen molar-refractivity contribution in [3.8, 4) is 11.5 Å². The third-order valence-corrected chi connectivity index (χ3v) is 4.14. The Morgan fingerprint density at radius 1 is 1.25 bits per heavy atom. The first kappa shape index (κ1) is 13.4. The Morgan fingerprint density at radius 3 is 2.75 bits per heavy atom. The van der Waals surface area contributed by atoms with E-state index in [1.54, 1.807) is 0 Å². The average molecular weight is 273 g/mol. The fourth-order valence-electron chi connectivity index (χ4n) is 2.97. The molecule has 0 aromatic carbocycles. The van der Waals surface area contributed by atoms with E-state index < -0.39 is 0 Å². The third-order valence-electron chi connectivity index (χ3n) is 4.14. The molecule has 0 unspecified atom stereocenters. The van der Waals surface area contributed by atoms with Crippen LogP contribution < -0.4 is 5.32 Å². The highest BCUT2D eigenvalue weighted by molar-refractivity contribution is 5.56. The second-order valence-corrected chi connectivity index (χ2v) is 5.75. The van der Waals surface area contributed by atoms with Crippen molar-refractivity contribution in [2.24, 2.45) is 0 Å². The monoisotopic (exact) mass is 273 g/mol. The second-order valence-electron chi connectivity index (χ2n) is 5.75. The van der Waals surface area contributed by atoms with Crippen molar-refractivity contribution in [3.05, 3.63) is 29.7 Å². The third kappa shape index (κ3) is 3.12. The Morgan fingerprint density at radius 2 is 2.05 bits per heavy atom. The summed E-state index contributed by atoms with van der Waals surface area (Å²) in [5.74, 6) is 1.80. The molecule has 0 atom stereocenters. The van der Waals surface area contributed by atoms with Gasteiger partial charge in [-0.05, 0) is 31.9 Å². The van der Waals surface area contributed by atoms with Crippen LogP contribution in [0.5, 0.6) is 0 Å². The normalized spacial score (nSPS) is 17.2. The fraction of sp³-hybridized carbons (Fsp3) is 0.562. The number of hydrogen-bond donors (Lipinski definition) is 2. The summed E-state index contributed by atoms with van der Waals surface area (Å²) in [6.45, 7) is 2.82. The van der Waals surface area contributed by atoms with Gasteiger partial charge in [-0.3, -0.25) is 5.10 Å². The predicted octanol–water partition coefficient (Wildman–Crippen LogP) is 3.79. The maximum atomic E-state index is 5.68. The summed E-state index contributed by atoms with van der Waals surface area (Å²) in [4.78, 5) is 0. The highest BCUT2D eigenvalue weighted by atomic mass is 16.3. The van der Waals surface area contributed by atoms with Gasteiger partial charge in [0.15, 0.2) is 5.76 Å².